The third kappa shape index (κ3) is 3.58. The Labute approximate surface area is 206 Å². The van der Waals surface area contributed by atoms with E-state index in [1.54, 1.807) is 0 Å². The number of nitrogens with zero attached hydrogens (tertiary/aromatic N) is 2. The van der Waals surface area contributed by atoms with Crippen molar-refractivity contribution in [3.8, 4) is 0 Å². The number of aryl methyl sites for hydroxylation is 2. The van der Waals surface area contributed by atoms with Crippen molar-refractivity contribution in [1.82, 2.24) is 9.47 Å². The van der Waals surface area contributed by atoms with Gasteiger partial charge in [0.2, 0.25) is 0 Å². The van der Waals surface area contributed by atoms with Crippen molar-refractivity contribution >= 4 is 22.5 Å². The standard InChI is InChI=1S/C31H32N2O2/c1-19-14-20(2)16-21(15-19)17-33-18-23(22-8-4-5-9-24(22)33)29-30-25(10-6-12-27(30)34)32(3)26-11-7-13-28(35)31(26)29/h4-5,8-9,14-16,18,29H,6-7,10-13,17H2,1-3H3. The van der Waals surface area contributed by atoms with Crippen molar-refractivity contribution in [3.63, 3.8) is 0 Å². The first-order valence-electron chi connectivity index (χ1n) is 12.8. The van der Waals surface area contributed by atoms with Gasteiger partial charge in [0.15, 0.2) is 11.6 Å². The lowest BCUT2D eigenvalue weighted by Crippen LogP contribution is -2.37. The summed E-state index contributed by atoms with van der Waals surface area (Å²) < 4.78 is 2.30. The highest BCUT2D eigenvalue weighted by atomic mass is 16.1. The first-order valence-corrected chi connectivity index (χ1v) is 12.8. The number of benzene rings is 2. The molecule has 4 nitrogen and oxygen atoms in total. The normalized spacial score (nSPS) is 19.0. The molecule has 0 unspecified atom stereocenters. The van der Waals surface area contributed by atoms with Gasteiger partial charge in [0, 0.05) is 72.0 Å². The molecule has 0 saturated heterocycles. The zero-order valence-electron chi connectivity index (χ0n) is 20.9. The van der Waals surface area contributed by atoms with Crippen molar-refractivity contribution in [2.75, 3.05) is 7.05 Å². The van der Waals surface area contributed by atoms with Gasteiger partial charge < -0.3 is 9.47 Å². The molecule has 6 rings (SSSR count). The molecule has 4 heteroatoms. The van der Waals surface area contributed by atoms with E-state index in [1.165, 1.54) is 16.7 Å². The van der Waals surface area contributed by atoms with Crippen LogP contribution < -0.4 is 0 Å². The fourth-order valence-corrected chi connectivity index (χ4v) is 6.66. The summed E-state index contributed by atoms with van der Waals surface area (Å²) in [6.45, 7) is 5.04. The summed E-state index contributed by atoms with van der Waals surface area (Å²) in [6, 6.07) is 15.1. The molecule has 1 aromatic heterocycles. The molecule has 178 valence electrons. The summed E-state index contributed by atoms with van der Waals surface area (Å²) in [6.07, 6.45) is 6.94. The van der Waals surface area contributed by atoms with E-state index in [-0.39, 0.29) is 17.5 Å². The minimum absolute atomic E-state index is 0.208. The zero-order chi connectivity index (χ0) is 24.3. The minimum Gasteiger partial charge on any atom is -0.351 e. The van der Waals surface area contributed by atoms with Crippen molar-refractivity contribution in [3.05, 3.63) is 93.5 Å². The first-order chi connectivity index (χ1) is 16.9. The lowest BCUT2D eigenvalue weighted by molar-refractivity contribution is -0.117. The van der Waals surface area contributed by atoms with E-state index in [0.717, 1.165) is 71.2 Å². The van der Waals surface area contributed by atoms with Gasteiger partial charge in [-0.1, -0.05) is 47.5 Å². The van der Waals surface area contributed by atoms with E-state index in [9.17, 15) is 9.59 Å². The highest BCUT2D eigenvalue weighted by Gasteiger charge is 2.43. The highest BCUT2D eigenvalue weighted by molar-refractivity contribution is 6.07. The van der Waals surface area contributed by atoms with Gasteiger partial charge in [0.25, 0.3) is 0 Å². The van der Waals surface area contributed by atoms with E-state index in [4.69, 9.17) is 0 Å². The number of hydrogen-bond acceptors (Lipinski definition) is 3. The molecule has 0 fully saturated rings. The molecule has 2 aromatic carbocycles. The fourth-order valence-electron chi connectivity index (χ4n) is 6.66. The van der Waals surface area contributed by atoms with Gasteiger partial charge in [0.1, 0.15) is 0 Å². The van der Waals surface area contributed by atoms with E-state index in [2.05, 4.69) is 79.0 Å². The molecule has 0 N–H and O–H groups in total. The molecule has 3 aliphatic rings. The Morgan fingerprint density at radius 2 is 1.43 bits per heavy atom. The van der Waals surface area contributed by atoms with Gasteiger partial charge in [-0.2, -0.15) is 0 Å². The summed E-state index contributed by atoms with van der Waals surface area (Å²) in [7, 11) is 2.06. The van der Waals surface area contributed by atoms with Crippen LogP contribution in [0.5, 0.6) is 0 Å². The topological polar surface area (TPSA) is 42.3 Å². The molecule has 2 heterocycles. The van der Waals surface area contributed by atoms with Crippen LogP contribution in [0.4, 0.5) is 0 Å². The van der Waals surface area contributed by atoms with Crippen LogP contribution in [0.15, 0.2) is 71.2 Å². The Bertz CT molecular complexity index is 1390. The van der Waals surface area contributed by atoms with Crippen LogP contribution in [-0.2, 0) is 16.1 Å². The van der Waals surface area contributed by atoms with Crippen LogP contribution in [0.25, 0.3) is 10.9 Å². The first kappa shape index (κ1) is 22.1. The summed E-state index contributed by atoms with van der Waals surface area (Å²) >= 11 is 0. The van der Waals surface area contributed by atoms with Gasteiger partial charge >= 0.3 is 0 Å². The molecule has 2 aliphatic carbocycles. The van der Waals surface area contributed by atoms with Crippen LogP contribution in [0.3, 0.4) is 0 Å². The SMILES string of the molecule is Cc1cc(C)cc(Cn2cc(C3C4=C(CCCC4=O)N(C)C4=C3C(=O)CCC4)c3ccccc32)c1. The number of carbonyl (C=O) groups is 2. The number of carbonyl (C=O) groups excluding carboxylic acids is 2. The monoisotopic (exact) mass is 464 g/mol. The maximum atomic E-state index is 13.4. The number of aromatic nitrogens is 1. The third-order valence-electron chi connectivity index (χ3n) is 8.01. The summed E-state index contributed by atoms with van der Waals surface area (Å²) in [4.78, 5) is 29.0. The van der Waals surface area contributed by atoms with Crippen LogP contribution in [0.1, 0.15) is 66.7 Å². The molecule has 35 heavy (non-hydrogen) atoms. The number of para-hydroxylation sites is 1. The van der Waals surface area contributed by atoms with Crippen molar-refractivity contribution in [1.29, 1.82) is 0 Å². The second-order valence-corrected chi connectivity index (χ2v) is 10.5. The van der Waals surface area contributed by atoms with Gasteiger partial charge in [-0.3, -0.25) is 9.59 Å². The maximum absolute atomic E-state index is 13.4. The summed E-state index contributed by atoms with van der Waals surface area (Å²) in [5.74, 6) is 0.153. The van der Waals surface area contributed by atoms with E-state index < -0.39 is 0 Å². The predicted molar refractivity (Wildman–Crippen MR) is 139 cm³/mol. The minimum atomic E-state index is -0.262. The molecule has 1 aliphatic heterocycles. The van der Waals surface area contributed by atoms with Crippen LogP contribution in [0, 0.1) is 13.8 Å². The molecule has 0 amide bonds. The molecule has 0 saturated carbocycles. The number of rotatable bonds is 3. The smallest absolute Gasteiger partial charge is 0.161 e. The molecule has 0 bridgehead atoms. The Hall–Kier alpha value is -3.40. The average molecular weight is 465 g/mol. The fraction of sp³-hybridized carbons (Fsp3) is 0.355. The summed E-state index contributed by atoms with van der Waals surface area (Å²) in [5, 5.41) is 1.14. The zero-order valence-corrected chi connectivity index (χ0v) is 20.9. The van der Waals surface area contributed by atoms with Crippen LogP contribution in [-0.4, -0.2) is 28.1 Å². The number of fused-ring (bicyclic) bond motifs is 1. The Morgan fingerprint density at radius 1 is 0.829 bits per heavy atom. The molecule has 0 atom stereocenters. The number of ketones is 2. The van der Waals surface area contributed by atoms with Crippen molar-refractivity contribution < 1.29 is 9.59 Å². The van der Waals surface area contributed by atoms with Gasteiger partial charge in [-0.15, -0.1) is 0 Å². The molecular formula is C31H32N2O2. The number of allylic oxidation sites excluding steroid dienone is 4. The average Bonchev–Trinajstić information content (AvgIpc) is 3.18. The van der Waals surface area contributed by atoms with Crippen molar-refractivity contribution in [2.24, 2.45) is 0 Å². The van der Waals surface area contributed by atoms with Gasteiger partial charge in [-0.25, -0.2) is 0 Å². The Kier molecular flexibility index (Phi) is 5.28. The molecule has 0 radical (unpaired) electrons. The Morgan fingerprint density at radius 3 is 2.06 bits per heavy atom. The van der Waals surface area contributed by atoms with E-state index in [1.807, 2.05) is 0 Å². The predicted octanol–water partition coefficient (Wildman–Crippen LogP) is 6.35. The second-order valence-electron chi connectivity index (χ2n) is 10.5. The van der Waals surface area contributed by atoms with Crippen molar-refractivity contribution in [2.45, 2.75) is 64.8 Å². The molecule has 3 aromatic rings. The lowest BCUT2D eigenvalue weighted by atomic mass is 9.71. The molecule has 0 spiro atoms. The number of Topliss-reactive ketones (excluding diaryl/α,β-unsaturated/α-hetero) is 2. The maximum Gasteiger partial charge on any atom is 0.161 e. The van der Waals surface area contributed by atoms with Gasteiger partial charge in [-0.05, 0) is 56.7 Å². The van der Waals surface area contributed by atoms with E-state index in [0.29, 0.717) is 12.8 Å². The number of hydrogen-bond donors (Lipinski definition) is 0. The van der Waals surface area contributed by atoms with Crippen LogP contribution >= 0.6 is 0 Å². The third-order valence-corrected chi connectivity index (χ3v) is 8.01. The summed E-state index contributed by atoms with van der Waals surface area (Å²) in [5.41, 5.74) is 10.0. The Balaban J connectivity index is 1.57. The lowest BCUT2D eigenvalue weighted by Gasteiger charge is -2.42. The van der Waals surface area contributed by atoms with Crippen LogP contribution in [0.2, 0.25) is 0 Å². The van der Waals surface area contributed by atoms with Gasteiger partial charge in [0.05, 0.1) is 0 Å². The second kappa shape index (κ2) is 8.37. The molecular weight excluding hydrogens is 432 g/mol. The van der Waals surface area contributed by atoms with E-state index >= 15 is 0 Å². The quantitative estimate of drug-likeness (QED) is 0.454. The highest BCUT2D eigenvalue weighted by Crippen LogP contribution is 2.50. The largest absolute Gasteiger partial charge is 0.351 e.